The minimum atomic E-state index is -0.232. The van der Waals surface area contributed by atoms with Crippen molar-refractivity contribution in [1.82, 2.24) is 0 Å². The van der Waals surface area contributed by atoms with Crippen molar-refractivity contribution in [2.45, 2.75) is 6.61 Å². The van der Waals surface area contributed by atoms with E-state index in [2.05, 4.69) is 5.32 Å². The van der Waals surface area contributed by atoms with Crippen LogP contribution in [0.3, 0.4) is 0 Å². The lowest BCUT2D eigenvalue weighted by atomic mass is 10.1. The van der Waals surface area contributed by atoms with Crippen LogP contribution in [0.1, 0.15) is 15.9 Å². The largest absolute Gasteiger partial charge is 0.397 e. The van der Waals surface area contributed by atoms with Crippen molar-refractivity contribution < 1.29 is 9.90 Å². The number of anilines is 2. The van der Waals surface area contributed by atoms with Gasteiger partial charge in [0.05, 0.1) is 18.0 Å². The summed E-state index contributed by atoms with van der Waals surface area (Å²) < 4.78 is 0. The fraction of sp³-hybridized carbons (Fsp3) is 0.0556. The Labute approximate surface area is 138 Å². The summed E-state index contributed by atoms with van der Waals surface area (Å²) in [5.41, 5.74) is 9.37. The molecule has 4 N–H and O–H groups in total. The predicted octanol–water partition coefficient (Wildman–Crippen LogP) is 3.74. The van der Waals surface area contributed by atoms with Crippen molar-refractivity contribution in [2.24, 2.45) is 0 Å². The van der Waals surface area contributed by atoms with E-state index in [1.54, 1.807) is 41.7 Å². The minimum Gasteiger partial charge on any atom is -0.397 e. The standard InChI is InChI=1S/C18H16N2O2S/c19-15-8-7-14(17-2-1-9-23-17)10-16(15)20-18(22)13-5-3-12(11-21)4-6-13/h1-10,21H,11,19H2,(H,20,22). The Hall–Kier alpha value is -2.63. The second-order valence-corrected chi connectivity index (χ2v) is 6.04. The number of carbonyl (C=O) groups is 1. The lowest BCUT2D eigenvalue weighted by Gasteiger charge is -2.10. The summed E-state index contributed by atoms with van der Waals surface area (Å²) in [6.45, 7) is -0.0439. The Morgan fingerprint density at radius 2 is 1.91 bits per heavy atom. The highest BCUT2D eigenvalue weighted by atomic mass is 32.1. The quantitative estimate of drug-likeness (QED) is 0.640. The highest BCUT2D eigenvalue weighted by Crippen LogP contribution is 2.30. The molecule has 0 radical (unpaired) electrons. The Bertz CT molecular complexity index is 812. The van der Waals surface area contributed by atoms with Gasteiger partial charge in [-0.15, -0.1) is 11.3 Å². The van der Waals surface area contributed by atoms with Crippen molar-refractivity contribution in [2.75, 3.05) is 11.1 Å². The molecule has 0 atom stereocenters. The maximum Gasteiger partial charge on any atom is 0.255 e. The predicted molar refractivity (Wildman–Crippen MR) is 94.5 cm³/mol. The summed E-state index contributed by atoms with van der Waals surface area (Å²) in [5, 5.41) is 13.9. The van der Waals surface area contributed by atoms with E-state index >= 15 is 0 Å². The molecule has 5 heteroatoms. The molecule has 2 aromatic carbocycles. The molecule has 3 rings (SSSR count). The molecule has 0 aliphatic carbocycles. The second-order valence-electron chi connectivity index (χ2n) is 5.09. The first kappa shape index (κ1) is 15.3. The molecule has 4 nitrogen and oxygen atoms in total. The molecule has 0 fully saturated rings. The highest BCUT2D eigenvalue weighted by Gasteiger charge is 2.10. The maximum atomic E-state index is 12.3. The van der Waals surface area contributed by atoms with Gasteiger partial charge in [0.2, 0.25) is 0 Å². The average Bonchev–Trinajstić information content (AvgIpc) is 3.11. The molecule has 23 heavy (non-hydrogen) atoms. The molecule has 3 aromatic rings. The molecule has 0 unspecified atom stereocenters. The zero-order chi connectivity index (χ0) is 16.2. The SMILES string of the molecule is Nc1ccc(-c2cccs2)cc1NC(=O)c1ccc(CO)cc1. The lowest BCUT2D eigenvalue weighted by molar-refractivity contribution is 0.102. The fourth-order valence-electron chi connectivity index (χ4n) is 2.22. The number of aliphatic hydroxyl groups is 1. The van der Waals surface area contributed by atoms with Crippen LogP contribution in [0.4, 0.5) is 11.4 Å². The number of carbonyl (C=O) groups excluding carboxylic acids is 1. The van der Waals surface area contributed by atoms with Gasteiger partial charge in [-0.3, -0.25) is 4.79 Å². The first-order valence-corrected chi connectivity index (χ1v) is 8.00. The highest BCUT2D eigenvalue weighted by molar-refractivity contribution is 7.13. The van der Waals surface area contributed by atoms with Crippen LogP contribution in [0.25, 0.3) is 10.4 Å². The number of hydrogen-bond acceptors (Lipinski definition) is 4. The number of amides is 1. The molecule has 0 aliphatic heterocycles. The first-order valence-electron chi connectivity index (χ1n) is 7.12. The van der Waals surface area contributed by atoms with E-state index in [4.69, 9.17) is 10.8 Å². The van der Waals surface area contributed by atoms with Gasteiger partial charge in [0.25, 0.3) is 5.91 Å². The van der Waals surface area contributed by atoms with Gasteiger partial charge in [0, 0.05) is 10.4 Å². The minimum absolute atomic E-state index is 0.0439. The van der Waals surface area contributed by atoms with E-state index in [1.807, 2.05) is 29.6 Å². The topological polar surface area (TPSA) is 75.3 Å². The molecule has 0 saturated carbocycles. The normalized spacial score (nSPS) is 10.5. The summed E-state index contributed by atoms with van der Waals surface area (Å²) in [6, 6.07) is 16.4. The number of hydrogen-bond donors (Lipinski definition) is 3. The molecule has 1 aromatic heterocycles. The fourth-order valence-corrected chi connectivity index (χ4v) is 2.94. The molecule has 0 saturated heterocycles. The van der Waals surface area contributed by atoms with E-state index in [1.165, 1.54) is 0 Å². The Morgan fingerprint density at radius 1 is 1.13 bits per heavy atom. The van der Waals surface area contributed by atoms with Gasteiger partial charge in [0.15, 0.2) is 0 Å². The van der Waals surface area contributed by atoms with Gasteiger partial charge >= 0.3 is 0 Å². The zero-order valence-corrected chi connectivity index (χ0v) is 13.1. The van der Waals surface area contributed by atoms with Crippen LogP contribution in [0, 0.1) is 0 Å². The van der Waals surface area contributed by atoms with Crippen molar-refractivity contribution in [3.05, 3.63) is 71.1 Å². The Balaban J connectivity index is 1.83. The van der Waals surface area contributed by atoms with Crippen LogP contribution in [-0.4, -0.2) is 11.0 Å². The zero-order valence-electron chi connectivity index (χ0n) is 12.3. The van der Waals surface area contributed by atoms with Crippen LogP contribution in [-0.2, 0) is 6.61 Å². The van der Waals surface area contributed by atoms with E-state index in [0.29, 0.717) is 16.9 Å². The van der Waals surface area contributed by atoms with Crippen molar-refractivity contribution in [3.63, 3.8) is 0 Å². The lowest BCUT2D eigenvalue weighted by Crippen LogP contribution is -2.13. The van der Waals surface area contributed by atoms with E-state index < -0.39 is 0 Å². The summed E-state index contributed by atoms with van der Waals surface area (Å²) >= 11 is 1.63. The maximum absolute atomic E-state index is 12.3. The van der Waals surface area contributed by atoms with Crippen molar-refractivity contribution >= 4 is 28.6 Å². The van der Waals surface area contributed by atoms with Crippen molar-refractivity contribution in [1.29, 1.82) is 0 Å². The van der Waals surface area contributed by atoms with Gasteiger partial charge in [-0.2, -0.15) is 0 Å². The van der Waals surface area contributed by atoms with Gasteiger partial charge < -0.3 is 16.2 Å². The van der Waals surface area contributed by atoms with Crippen LogP contribution in [0.15, 0.2) is 60.0 Å². The number of aliphatic hydroxyl groups excluding tert-OH is 1. The van der Waals surface area contributed by atoms with Crippen LogP contribution < -0.4 is 11.1 Å². The van der Waals surface area contributed by atoms with Crippen LogP contribution in [0.5, 0.6) is 0 Å². The van der Waals surface area contributed by atoms with Crippen LogP contribution in [0.2, 0.25) is 0 Å². The molecule has 116 valence electrons. The summed E-state index contributed by atoms with van der Waals surface area (Å²) in [6.07, 6.45) is 0. The van der Waals surface area contributed by atoms with E-state index in [9.17, 15) is 4.79 Å². The Kier molecular flexibility index (Phi) is 4.41. The Morgan fingerprint density at radius 3 is 2.57 bits per heavy atom. The number of thiophene rings is 1. The number of rotatable bonds is 4. The second kappa shape index (κ2) is 6.64. The number of benzene rings is 2. The molecule has 1 amide bonds. The first-order chi connectivity index (χ1) is 11.2. The third-order valence-electron chi connectivity index (χ3n) is 3.51. The summed E-state index contributed by atoms with van der Waals surface area (Å²) in [4.78, 5) is 13.5. The van der Waals surface area contributed by atoms with Gasteiger partial charge in [-0.05, 0) is 46.8 Å². The third-order valence-corrected chi connectivity index (χ3v) is 4.42. The number of nitrogens with one attached hydrogen (secondary N) is 1. The summed E-state index contributed by atoms with van der Waals surface area (Å²) in [7, 11) is 0. The van der Waals surface area contributed by atoms with Gasteiger partial charge in [0.1, 0.15) is 0 Å². The molecule has 0 spiro atoms. The van der Waals surface area contributed by atoms with Crippen LogP contribution >= 0.6 is 11.3 Å². The molecule has 0 bridgehead atoms. The molecule has 1 heterocycles. The summed E-state index contributed by atoms with van der Waals surface area (Å²) in [5.74, 6) is -0.232. The molecule has 0 aliphatic rings. The van der Waals surface area contributed by atoms with E-state index in [-0.39, 0.29) is 12.5 Å². The third kappa shape index (κ3) is 3.41. The molecular formula is C18H16N2O2S. The average molecular weight is 324 g/mol. The number of nitrogens with two attached hydrogens (primary N) is 1. The van der Waals surface area contributed by atoms with Gasteiger partial charge in [-0.1, -0.05) is 24.3 Å². The monoisotopic (exact) mass is 324 g/mol. The molecular weight excluding hydrogens is 308 g/mol. The van der Waals surface area contributed by atoms with E-state index in [0.717, 1.165) is 16.0 Å². The smallest absolute Gasteiger partial charge is 0.255 e. The number of nitrogen functional groups attached to an aromatic ring is 1. The van der Waals surface area contributed by atoms with Crippen molar-refractivity contribution in [3.8, 4) is 10.4 Å². The van der Waals surface area contributed by atoms with Gasteiger partial charge in [-0.25, -0.2) is 0 Å².